The van der Waals surface area contributed by atoms with Gasteiger partial charge in [0.2, 0.25) is 5.91 Å². The van der Waals surface area contributed by atoms with E-state index in [1.54, 1.807) is 12.1 Å². The molecule has 2 amide bonds. The SMILES string of the molecule is CC(=O)N/C(=C\c1ccccc1)C(=O)OCC(=O)N[C@@H](C)c1ccc(CC(C)C)cc1. The first-order valence-electron chi connectivity index (χ1n) is 10.3. The van der Waals surface area contributed by atoms with Gasteiger partial charge in [0, 0.05) is 6.92 Å². The Bertz CT molecular complexity index is 918. The van der Waals surface area contributed by atoms with Gasteiger partial charge in [-0.2, -0.15) is 0 Å². The Morgan fingerprint density at radius 1 is 0.968 bits per heavy atom. The number of hydrogen-bond donors (Lipinski definition) is 2. The van der Waals surface area contributed by atoms with Gasteiger partial charge in [0.05, 0.1) is 6.04 Å². The summed E-state index contributed by atoms with van der Waals surface area (Å²) in [4.78, 5) is 36.1. The van der Waals surface area contributed by atoms with Gasteiger partial charge < -0.3 is 15.4 Å². The number of benzene rings is 2. The van der Waals surface area contributed by atoms with Gasteiger partial charge in [-0.1, -0.05) is 68.4 Å². The average molecular weight is 423 g/mol. The van der Waals surface area contributed by atoms with Crippen molar-refractivity contribution in [3.63, 3.8) is 0 Å². The van der Waals surface area contributed by atoms with E-state index in [1.165, 1.54) is 18.6 Å². The van der Waals surface area contributed by atoms with Crippen LogP contribution in [-0.2, 0) is 25.5 Å². The molecule has 0 aliphatic heterocycles. The van der Waals surface area contributed by atoms with Crippen molar-refractivity contribution in [2.75, 3.05) is 6.61 Å². The molecule has 0 unspecified atom stereocenters. The van der Waals surface area contributed by atoms with Crippen LogP contribution >= 0.6 is 0 Å². The third kappa shape index (κ3) is 8.46. The molecule has 6 nitrogen and oxygen atoms in total. The van der Waals surface area contributed by atoms with E-state index in [1.807, 2.05) is 37.3 Å². The Balaban J connectivity index is 1.93. The van der Waals surface area contributed by atoms with Crippen molar-refractivity contribution in [3.8, 4) is 0 Å². The Morgan fingerprint density at radius 2 is 1.61 bits per heavy atom. The first kappa shape index (κ1) is 23.9. The van der Waals surface area contributed by atoms with Crippen LogP contribution in [0.25, 0.3) is 6.08 Å². The highest BCUT2D eigenvalue weighted by Crippen LogP contribution is 2.15. The maximum atomic E-state index is 12.4. The number of nitrogens with one attached hydrogen (secondary N) is 2. The highest BCUT2D eigenvalue weighted by molar-refractivity contribution is 5.98. The maximum absolute atomic E-state index is 12.4. The van der Waals surface area contributed by atoms with E-state index in [4.69, 9.17) is 4.74 Å². The first-order valence-corrected chi connectivity index (χ1v) is 10.3. The molecule has 2 N–H and O–H groups in total. The van der Waals surface area contributed by atoms with Gasteiger partial charge in [-0.05, 0) is 42.0 Å². The molecular weight excluding hydrogens is 392 g/mol. The minimum absolute atomic E-state index is 0.0275. The lowest BCUT2D eigenvalue weighted by Gasteiger charge is -2.16. The molecular formula is C25H30N2O4. The Kier molecular flexibility index (Phi) is 9.00. The number of rotatable bonds is 9. The van der Waals surface area contributed by atoms with Gasteiger partial charge in [0.25, 0.3) is 5.91 Å². The van der Waals surface area contributed by atoms with Crippen LogP contribution in [0.5, 0.6) is 0 Å². The van der Waals surface area contributed by atoms with Gasteiger partial charge in [-0.25, -0.2) is 4.79 Å². The summed E-state index contributed by atoms with van der Waals surface area (Å²) in [6.07, 6.45) is 2.51. The molecule has 0 saturated heterocycles. The molecule has 164 valence electrons. The summed E-state index contributed by atoms with van der Waals surface area (Å²) in [6, 6.07) is 16.9. The van der Waals surface area contributed by atoms with Crippen LogP contribution in [0, 0.1) is 5.92 Å². The van der Waals surface area contributed by atoms with Gasteiger partial charge in [0.1, 0.15) is 5.70 Å². The normalized spacial score (nSPS) is 12.2. The Morgan fingerprint density at radius 3 is 2.19 bits per heavy atom. The van der Waals surface area contributed by atoms with Crippen molar-refractivity contribution in [2.24, 2.45) is 5.92 Å². The summed E-state index contributed by atoms with van der Waals surface area (Å²) in [6.45, 7) is 7.07. The van der Waals surface area contributed by atoms with E-state index in [0.717, 1.165) is 17.5 Å². The molecule has 31 heavy (non-hydrogen) atoms. The molecule has 6 heteroatoms. The Hall–Kier alpha value is -3.41. The first-order chi connectivity index (χ1) is 14.7. The van der Waals surface area contributed by atoms with E-state index in [-0.39, 0.29) is 11.7 Å². The molecule has 0 aromatic heterocycles. The lowest BCUT2D eigenvalue weighted by Crippen LogP contribution is -2.33. The standard InChI is InChI=1S/C25H30N2O4/c1-17(2)14-21-10-12-22(13-11-21)18(3)26-24(29)16-31-25(30)23(27-19(4)28)15-20-8-6-5-7-9-20/h5-13,15,17-18H,14,16H2,1-4H3,(H,26,29)(H,27,28)/b23-15-/t18-/m0/s1. The topological polar surface area (TPSA) is 84.5 Å². The molecule has 0 bridgehead atoms. The largest absolute Gasteiger partial charge is 0.451 e. The fraction of sp³-hybridized carbons (Fsp3) is 0.320. The van der Waals surface area contributed by atoms with Crippen LogP contribution in [0.15, 0.2) is 60.3 Å². The van der Waals surface area contributed by atoms with Gasteiger partial charge in [-0.15, -0.1) is 0 Å². The van der Waals surface area contributed by atoms with Crippen LogP contribution < -0.4 is 10.6 Å². The van der Waals surface area contributed by atoms with Crippen molar-refractivity contribution in [3.05, 3.63) is 77.0 Å². The highest BCUT2D eigenvalue weighted by atomic mass is 16.5. The van der Waals surface area contributed by atoms with E-state index in [9.17, 15) is 14.4 Å². The summed E-state index contributed by atoms with van der Waals surface area (Å²) in [5.74, 6) is -1.03. The van der Waals surface area contributed by atoms with E-state index in [2.05, 4.69) is 36.6 Å². The zero-order chi connectivity index (χ0) is 22.8. The number of esters is 1. The summed E-state index contributed by atoms with van der Waals surface area (Å²) < 4.78 is 5.10. The molecule has 2 rings (SSSR count). The van der Waals surface area contributed by atoms with Crippen LogP contribution in [-0.4, -0.2) is 24.4 Å². The molecule has 0 radical (unpaired) electrons. The smallest absolute Gasteiger partial charge is 0.355 e. The van der Waals surface area contributed by atoms with Gasteiger partial charge in [0.15, 0.2) is 6.61 Å². The third-order valence-corrected chi connectivity index (χ3v) is 4.48. The van der Waals surface area contributed by atoms with Crippen LogP contribution in [0.1, 0.15) is 50.4 Å². The number of carbonyl (C=O) groups excluding carboxylic acids is 3. The fourth-order valence-electron chi connectivity index (χ4n) is 3.04. The summed E-state index contributed by atoms with van der Waals surface area (Å²) in [7, 11) is 0. The molecule has 0 aliphatic rings. The van der Waals surface area contributed by atoms with Crippen molar-refractivity contribution < 1.29 is 19.1 Å². The summed E-state index contributed by atoms with van der Waals surface area (Å²) in [5, 5.41) is 5.27. The highest BCUT2D eigenvalue weighted by Gasteiger charge is 2.16. The third-order valence-electron chi connectivity index (χ3n) is 4.48. The Labute approximate surface area is 183 Å². The number of ether oxygens (including phenoxy) is 1. The monoisotopic (exact) mass is 422 g/mol. The van der Waals surface area contributed by atoms with Crippen molar-refractivity contribution in [1.29, 1.82) is 0 Å². The fourth-order valence-corrected chi connectivity index (χ4v) is 3.04. The molecule has 1 atom stereocenters. The van der Waals surface area contributed by atoms with Gasteiger partial charge >= 0.3 is 5.97 Å². The van der Waals surface area contributed by atoms with E-state index in [0.29, 0.717) is 5.92 Å². The molecule has 0 spiro atoms. The molecule has 0 heterocycles. The zero-order valence-corrected chi connectivity index (χ0v) is 18.5. The number of hydrogen-bond acceptors (Lipinski definition) is 4. The van der Waals surface area contributed by atoms with E-state index < -0.39 is 24.4 Å². The average Bonchev–Trinajstić information content (AvgIpc) is 2.72. The van der Waals surface area contributed by atoms with Crippen LogP contribution in [0.3, 0.4) is 0 Å². The van der Waals surface area contributed by atoms with E-state index >= 15 is 0 Å². The molecule has 2 aromatic carbocycles. The second kappa shape index (κ2) is 11.7. The zero-order valence-electron chi connectivity index (χ0n) is 18.5. The number of carbonyl (C=O) groups is 3. The minimum Gasteiger partial charge on any atom is -0.451 e. The summed E-state index contributed by atoms with van der Waals surface area (Å²) >= 11 is 0. The molecule has 0 aliphatic carbocycles. The molecule has 2 aromatic rings. The van der Waals surface area contributed by atoms with Crippen molar-refractivity contribution >= 4 is 23.9 Å². The lowest BCUT2D eigenvalue weighted by molar-refractivity contribution is -0.145. The van der Waals surface area contributed by atoms with Crippen LogP contribution in [0.4, 0.5) is 0 Å². The minimum atomic E-state index is -0.778. The second-order valence-electron chi connectivity index (χ2n) is 7.85. The lowest BCUT2D eigenvalue weighted by atomic mass is 10.00. The van der Waals surface area contributed by atoms with Crippen molar-refractivity contribution in [1.82, 2.24) is 10.6 Å². The van der Waals surface area contributed by atoms with Crippen LogP contribution in [0.2, 0.25) is 0 Å². The van der Waals surface area contributed by atoms with Gasteiger partial charge in [-0.3, -0.25) is 9.59 Å². The van der Waals surface area contributed by atoms with Crippen molar-refractivity contribution in [2.45, 2.75) is 40.2 Å². The second-order valence-corrected chi connectivity index (χ2v) is 7.85. The molecule has 0 saturated carbocycles. The maximum Gasteiger partial charge on any atom is 0.355 e. The summed E-state index contributed by atoms with van der Waals surface area (Å²) in [5.41, 5.74) is 2.92. The number of amides is 2. The molecule has 0 fully saturated rings. The quantitative estimate of drug-likeness (QED) is 0.476. The predicted molar refractivity (Wildman–Crippen MR) is 121 cm³/mol. The predicted octanol–water partition coefficient (Wildman–Crippen LogP) is 3.78.